The molecule has 0 bridgehead atoms. The summed E-state index contributed by atoms with van der Waals surface area (Å²) in [6, 6.07) is 7.92. The molecule has 1 aromatic heterocycles. The average Bonchev–Trinajstić information content (AvgIpc) is 2.88. The summed E-state index contributed by atoms with van der Waals surface area (Å²) in [6.07, 6.45) is 1.34. The van der Waals surface area contributed by atoms with Crippen LogP contribution in [0.4, 0.5) is 5.13 Å². The Hall–Kier alpha value is -1.92. The summed E-state index contributed by atoms with van der Waals surface area (Å²) < 4.78 is 5.74. The van der Waals surface area contributed by atoms with Gasteiger partial charge in [0, 0.05) is 23.4 Å². The van der Waals surface area contributed by atoms with Crippen molar-refractivity contribution < 1.29 is 9.53 Å². The van der Waals surface area contributed by atoms with Gasteiger partial charge in [-0.15, -0.1) is 11.3 Å². The van der Waals surface area contributed by atoms with E-state index in [0.29, 0.717) is 24.0 Å². The van der Waals surface area contributed by atoms with E-state index >= 15 is 0 Å². The van der Waals surface area contributed by atoms with Crippen molar-refractivity contribution in [1.29, 1.82) is 0 Å². The van der Waals surface area contributed by atoms with Crippen LogP contribution in [0.5, 0.6) is 5.75 Å². The van der Waals surface area contributed by atoms with Gasteiger partial charge < -0.3 is 15.8 Å². The molecule has 0 saturated carbocycles. The van der Waals surface area contributed by atoms with Crippen molar-refractivity contribution in [3.8, 4) is 17.0 Å². The van der Waals surface area contributed by atoms with Crippen molar-refractivity contribution >= 4 is 22.4 Å². The van der Waals surface area contributed by atoms with Crippen LogP contribution >= 0.6 is 11.3 Å². The maximum absolute atomic E-state index is 11.6. The van der Waals surface area contributed by atoms with Crippen molar-refractivity contribution in [2.45, 2.75) is 33.6 Å². The molecule has 3 N–H and O–H groups in total. The predicted octanol–water partition coefficient (Wildman–Crippen LogP) is 3.83. The van der Waals surface area contributed by atoms with Crippen LogP contribution in [0.15, 0.2) is 24.3 Å². The lowest BCUT2D eigenvalue weighted by Gasteiger charge is -2.08. The minimum absolute atomic E-state index is 0.105. The van der Waals surface area contributed by atoms with Gasteiger partial charge in [-0.1, -0.05) is 13.8 Å². The second kappa shape index (κ2) is 8.80. The Morgan fingerprint density at radius 1 is 1.33 bits per heavy atom. The number of nitrogens with two attached hydrogens (primary N) is 1. The van der Waals surface area contributed by atoms with Crippen LogP contribution in [0, 0.1) is 12.8 Å². The van der Waals surface area contributed by atoms with Gasteiger partial charge in [-0.25, -0.2) is 4.98 Å². The Labute approximate surface area is 147 Å². The summed E-state index contributed by atoms with van der Waals surface area (Å²) in [6.45, 7) is 7.42. The van der Waals surface area contributed by atoms with Crippen LogP contribution in [0.2, 0.25) is 0 Å². The molecule has 0 atom stereocenters. The minimum Gasteiger partial charge on any atom is -0.494 e. The fraction of sp³-hybridized carbons (Fsp3) is 0.444. The first-order chi connectivity index (χ1) is 11.5. The van der Waals surface area contributed by atoms with Gasteiger partial charge >= 0.3 is 0 Å². The minimum atomic E-state index is -0.105. The van der Waals surface area contributed by atoms with Crippen LogP contribution in [-0.4, -0.2) is 24.0 Å². The number of aryl methyl sites for hydroxylation is 1. The molecule has 0 aliphatic rings. The molecule has 6 heteroatoms. The molecule has 1 amide bonds. The highest BCUT2D eigenvalue weighted by Crippen LogP contribution is 2.31. The van der Waals surface area contributed by atoms with Crippen LogP contribution in [-0.2, 0) is 4.79 Å². The molecule has 2 aromatic rings. The number of rotatable bonds is 8. The molecule has 0 unspecified atom stereocenters. The molecule has 0 spiro atoms. The highest BCUT2D eigenvalue weighted by Gasteiger charge is 2.12. The summed E-state index contributed by atoms with van der Waals surface area (Å²) in [5.74, 6) is 1.39. The van der Waals surface area contributed by atoms with E-state index in [-0.39, 0.29) is 5.91 Å². The third-order valence-corrected chi connectivity index (χ3v) is 4.39. The van der Waals surface area contributed by atoms with Gasteiger partial charge in [0.1, 0.15) is 5.75 Å². The zero-order valence-electron chi connectivity index (χ0n) is 14.5. The molecular weight excluding hydrogens is 322 g/mol. The smallest absolute Gasteiger partial charge is 0.227 e. The molecule has 0 saturated heterocycles. The second-order valence-electron chi connectivity index (χ2n) is 6.07. The standard InChI is InChI=1S/C18H25N3O2S/c1-12(2)9-11-23-15-6-4-14(5-7-15)17-13(3)24-18(21-17)20-16(22)8-10-19/h4-7,12H,8-11,19H2,1-3H3,(H,20,21,22). The molecule has 0 radical (unpaired) electrons. The topological polar surface area (TPSA) is 77.2 Å². The van der Waals surface area contributed by atoms with Gasteiger partial charge in [-0.05, 0) is 43.5 Å². The number of anilines is 1. The lowest BCUT2D eigenvalue weighted by molar-refractivity contribution is -0.116. The van der Waals surface area contributed by atoms with E-state index in [2.05, 4.69) is 24.1 Å². The Balaban J connectivity index is 2.03. The van der Waals surface area contributed by atoms with Crippen molar-refractivity contribution in [1.82, 2.24) is 4.98 Å². The first kappa shape index (κ1) is 18.4. The number of ether oxygens (including phenoxy) is 1. The highest BCUT2D eigenvalue weighted by atomic mass is 32.1. The lowest BCUT2D eigenvalue weighted by atomic mass is 10.1. The monoisotopic (exact) mass is 347 g/mol. The van der Waals surface area contributed by atoms with E-state index in [4.69, 9.17) is 10.5 Å². The first-order valence-electron chi connectivity index (χ1n) is 8.20. The number of benzene rings is 1. The van der Waals surface area contributed by atoms with Crippen molar-refractivity contribution in [2.24, 2.45) is 11.7 Å². The quantitative estimate of drug-likeness (QED) is 0.761. The first-order valence-corrected chi connectivity index (χ1v) is 9.01. The van der Waals surface area contributed by atoms with Crippen LogP contribution in [0.3, 0.4) is 0 Å². The third kappa shape index (κ3) is 5.32. The van der Waals surface area contributed by atoms with Crippen LogP contribution in [0.25, 0.3) is 11.3 Å². The van der Waals surface area contributed by atoms with E-state index in [1.165, 1.54) is 11.3 Å². The zero-order valence-corrected chi connectivity index (χ0v) is 15.3. The van der Waals surface area contributed by atoms with Gasteiger partial charge in [-0.2, -0.15) is 0 Å². The van der Waals surface area contributed by atoms with Gasteiger partial charge in [0.2, 0.25) is 5.91 Å². The summed E-state index contributed by atoms with van der Waals surface area (Å²) >= 11 is 1.47. The Kier molecular flexibility index (Phi) is 6.75. The van der Waals surface area contributed by atoms with Crippen molar-refractivity contribution in [3.05, 3.63) is 29.1 Å². The number of amides is 1. The number of hydrogen-bond donors (Lipinski definition) is 2. The molecule has 1 aromatic carbocycles. The number of thiazole rings is 1. The molecule has 24 heavy (non-hydrogen) atoms. The number of nitrogens with one attached hydrogen (secondary N) is 1. The van der Waals surface area contributed by atoms with E-state index in [0.717, 1.165) is 34.9 Å². The van der Waals surface area contributed by atoms with E-state index in [1.807, 2.05) is 31.2 Å². The van der Waals surface area contributed by atoms with Gasteiger partial charge in [-0.3, -0.25) is 4.79 Å². The second-order valence-corrected chi connectivity index (χ2v) is 7.27. The molecular formula is C18H25N3O2S. The van der Waals surface area contributed by atoms with Crippen LogP contribution < -0.4 is 15.8 Å². The fourth-order valence-electron chi connectivity index (χ4n) is 2.15. The van der Waals surface area contributed by atoms with E-state index in [9.17, 15) is 4.79 Å². The maximum atomic E-state index is 11.6. The summed E-state index contributed by atoms with van der Waals surface area (Å²) in [7, 11) is 0. The molecule has 130 valence electrons. The lowest BCUT2D eigenvalue weighted by Crippen LogP contribution is -2.15. The molecule has 0 fully saturated rings. The van der Waals surface area contributed by atoms with E-state index in [1.54, 1.807) is 0 Å². The number of hydrogen-bond acceptors (Lipinski definition) is 5. The number of carbonyl (C=O) groups excluding carboxylic acids is 1. The Bertz CT molecular complexity index is 665. The average molecular weight is 347 g/mol. The largest absolute Gasteiger partial charge is 0.494 e. The SMILES string of the molecule is Cc1sc(NC(=O)CCN)nc1-c1ccc(OCCC(C)C)cc1. The Morgan fingerprint density at radius 2 is 2.04 bits per heavy atom. The molecule has 2 rings (SSSR count). The van der Waals surface area contributed by atoms with Crippen molar-refractivity contribution in [3.63, 3.8) is 0 Å². The highest BCUT2D eigenvalue weighted by molar-refractivity contribution is 7.16. The van der Waals surface area contributed by atoms with E-state index < -0.39 is 0 Å². The summed E-state index contributed by atoms with van der Waals surface area (Å²) in [5, 5.41) is 3.40. The van der Waals surface area contributed by atoms with Crippen molar-refractivity contribution in [2.75, 3.05) is 18.5 Å². The number of aromatic nitrogens is 1. The van der Waals surface area contributed by atoms with Gasteiger partial charge in [0.25, 0.3) is 0 Å². The van der Waals surface area contributed by atoms with Crippen LogP contribution in [0.1, 0.15) is 31.6 Å². The molecule has 1 heterocycles. The zero-order chi connectivity index (χ0) is 17.5. The molecule has 0 aliphatic heterocycles. The Morgan fingerprint density at radius 3 is 2.67 bits per heavy atom. The number of nitrogens with zero attached hydrogens (tertiary/aromatic N) is 1. The molecule has 5 nitrogen and oxygen atoms in total. The summed E-state index contributed by atoms with van der Waals surface area (Å²) in [4.78, 5) is 17.2. The maximum Gasteiger partial charge on any atom is 0.227 e. The van der Waals surface area contributed by atoms with Gasteiger partial charge in [0.15, 0.2) is 5.13 Å². The number of carbonyl (C=O) groups is 1. The third-order valence-electron chi connectivity index (χ3n) is 3.51. The normalized spacial score (nSPS) is 10.9. The fourth-order valence-corrected chi connectivity index (χ4v) is 3.00. The summed E-state index contributed by atoms with van der Waals surface area (Å²) in [5.41, 5.74) is 7.28. The molecule has 0 aliphatic carbocycles. The van der Waals surface area contributed by atoms with Gasteiger partial charge in [0.05, 0.1) is 12.3 Å². The predicted molar refractivity (Wildman–Crippen MR) is 99.5 cm³/mol.